The molecule has 0 saturated heterocycles. The molecule has 0 N–H and O–H groups in total. The average Bonchev–Trinajstić information content (AvgIpc) is 2.19. The van der Waals surface area contributed by atoms with E-state index in [-0.39, 0.29) is 0 Å². The van der Waals surface area contributed by atoms with Crippen LogP contribution < -0.4 is 0 Å². The molecule has 0 saturated carbocycles. The van der Waals surface area contributed by atoms with Crippen LogP contribution >= 0.6 is 0 Å². The van der Waals surface area contributed by atoms with Gasteiger partial charge in [0.1, 0.15) is 0 Å². The molecular formula is C13H12. The van der Waals surface area contributed by atoms with Gasteiger partial charge in [0, 0.05) is 11.8 Å². The van der Waals surface area contributed by atoms with E-state index in [0.717, 1.165) is 6.42 Å². The molecule has 0 nitrogen and oxygen atoms in total. The van der Waals surface area contributed by atoms with E-state index in [4.69, 9.17) is 0 Å². The largest absolute Gasteiger partial charge is 0.0801 e. The highest BCUT2D eigenvalue weighted by atomic mass is 14.3. The predicted octanol–water partition coefficient (Wildman–Crippen LogP) is 3.17. The smallest absolute Gasteiger partial charge is 0.0152 e. The molecule has 0 aromatic heterocycles. The summed E-state index contributed by atoms with van der Waals surface area (Å²) < 4.78 is 0. The van der Waals surface area contributed by atoms with Crippen LogP contribution in [0.25, 0.3) is 0 Å². The van der Waals surface area contributed by atoms with Crippen LogP contribution in [0.1, 0.15) is 6.42 Å². The molecule has 3 aliphatic carbocycles. The van der Waals surface area contributed by atoms with Crippen LogP contribution in [0.3, 0.4) is 0 Å². The Hall–Kier alpha value is -1.30. The molecule has 3 aliphatic rings. The van der Waals surface area contributed by atoms with Crippen molar-refractivity contribution < 1.29 is 0 Å². The van der Waals surface area contributed by atoms with Crippen molar-refractivity contribution >= 4 is 0 Å². The van der Waals surface area contributed by atoms with Gasteiger partial charge in [0.15, 0.2) is 0 Å². The molecular weight excluding hydrogens is 156 g/mol. The normalized spacial score (nSPS) is 33.8. The molecule has 64 valence electrons. The molecule has 0 fully saturated rings. The first kappa shape index (κ1) is 7.14. The molecule has 0 aromatic rings. The third-order valence-electron chi connectivity index (χ3n) is 3.07. The van der Waals surface area contributed by atoms with Crippen LogP contribution in [0.5, 0.6) is 0 Å². The predicted molar refractivity (Wildman–Crippen MR) is 55.2 cm³/mol. The van der Waals surface area contributed by atoms with Crippen molar-refractivity contribution in [3.8, 4) is 0 Å². The second kappa shape index (κ2) is 2.59. The number of hydrogen-bond acceptors (Lipinski definition) is 0. The Morgan fingerprint density at radius 3 is 2.85 bits per heavy atom. The van der Waals surface area contributed by atoms with E-state index in [9.17, 15) is 0 Å². The highest BCUT2D eigenvalue weighted by molar-refractivity contribution is 5.46. The molecule has 0 aromatic carbocycles. The molecule has 0 bridgehead atoms. The lowest BCUT2D eigenvalue weighted by Gasteiger charge is -2.33. The van der Waals surface area contributed by atoms with Gasteiger partial charge in [0.25, 0.3) is 0 Å². The standard InChI is InChI=1S/C13H12/c1-4-10-6-2-8-12-9-3-7-11(5-1)13(10)12/h1-8,10,13H,9H2. The van der Waals surface area contributed by atoms with Gasteiger partial charge in [-0.25, -0.2) is 0 Å². The highest BCUT2D eigenvalue weighted by Crippen LogP contribution is 2.40. The monoisotopic (exact) mass is 168 g/mol. The maximum Gasteiger partial charge on any atom is 0.0152 e. The van der Waals surface area contributed by atoms with Crippen molar-refractivity contribution in [3.05, 3.63) is 59.8 Å². The van der Waals surface area contributed by atoms with E-state index in [1.54, 1.807) is 5.57 Å². The Bertz CT molecular complexity index is 375. The second-order valence-corrected chi connectivity index (χ2v) is 3.84. The fraction of sp³-hybridized carbons (Fsp3) is 0.231. The van der Waals surface area contributed by atoms with Crippen LogP contribution in [0, 0.1) is 11.8 Å². The van der Waals surface area contributed by atoms with Crippen LogP contribution in [0.15, 0.2) is 59.8 Å². The number of rotatable bonds is 0. The Kier molecular flexibility index (Phi) is 1.42. The van der Waals surface area contributed by atoms with Gasteiger partial charge in [-0.15, -0.1) is 0 Å². The second-order valence-electron chi connectivity index (χ2n) is 3.84. The van der Waals surface area contributed by atoms with Crippen molar-refractivity contribution in [2.45, 2.75) is 6.42 Å². The Balaban J connectivity index is 2.15. The van der Waals surface area contributed by atoms with Gasteiger partial charge >= 0.3 is 0 Å². The third-order valence-corrected chi connectivity index (χ3v) is 3.07. The minimum atomic E-state index is 0.616. The molecule has 0 aliphatic heterocycles. The van der Waals surface area contributed by atoms with E-state index in [0.29, 0.717) is 11.8 Å². The first-order valence-electron chi connectivity index (χ1n) is 4.87. The van der Waals surface area contributed by atoms with Gasteiger partial charge in [-0.1, -0.05) is 54.2 Å². The summed E-state index contributed by atoms with van der Waals surface area (Å²) in [4.78, 5) is 0. The molecule has 0 heteroatoms. The summed E-state index contributed by atoms with van der Waals surface area (Å²) in [5, 5.41) is 0. The Morgan fingerprint density at radius 2 is 1.92 bits per heavy atom. The van der Waals surface area contributed by atoms with E-state index < -0.39 is 0 Å². The highest BCUT2D eigenvalue weighted by Gasteiger charge is 2.28. The molecule has 3 rings (SSSR count). The zero-order valence-corrected chi connectivity index (χ0v) is 7.48. The van der Waals surface area contributed by atoms with Crippen LogP contribution in [-0.2, 0) is 0 Å². The minimum absolute atomic E-state index is 0.616. The minimum Gasteiger partial charge on any atom is -0.0801 e. The summed E-state index contributed by atoms with van der Waals surface area (Å²) in [7, 11) is 0. The van der Waals surface area contributed by atoms with Crippen LogP contribution in [0.4, 0.5) is 0 Å². The van der Waals surface area contributed by atoms with Crippen molar-refractivity contribution in [2.75, 3.05) is 0 Å². The van der Waals surface area contributed by atoms with E-state index in [1.165, 1.54) is 5.57 Å². The third kappa shape index (κ3) is 0.983. The molecule has 0 spiro atoms. The summed E-state index contributed by atoms with van der Waals surface area (Å²) in [5.41, 5.74) is 3.06. The lowest BCUT2D eigenvalue weighted by atomic mass is 9.71. The van der Waals surface area contributed by atoms with Crippen molar-refractivity contribution in [1.82, 2.24) is 0 Å². The Morgan fingerprint density at radius 1 is 1.08 bits per heavy atom. The van der Waals surface area contributed by atoms with Gasteiger partial charge in [0.2, 0.25) is 0 Å². The molecule has 2 unspecified atom stereocenters. The first-order valence-corrected chi connectivity index (χ1v) is 4.87. The summed E-state index contributed by atoms with van der Waals surface area (Å²) in [6, 6.07) is 0. The van der Waals surface area contributed by atoms with Gasteiger partial charge in [-0.2, -0.15) is 0 Å². The number of hydrogen-bond donors (Lipinski definition) is 0. The lowest BCUT2D eigenvalue weighted by molar-refractivity contribution is 0.582. The van der Waals surface area contributed by atoms with Crippen molar-refractivity contribution in [2.24, 2.45) is 11.8 Å². The van der Waals surface area contributed by atoms with Gasteiger partial charge < -0.3 is 0 Å². The Labute approximate surface area is 78.7 Å². The van der Waals surface area contributed by atoms with Crippen molar-refractivity contribution in [1.29, 1.82) is 0 Å². The lowest BCUT2D eigenvalue weighted by Crippen LogP contribution is -2.21. The first-order chi connectivity index (χ1) is 6.45. The maximum absolute atomic E-state index is 2.30. The van der Waals surface area contributed by atoms with E-state index in [1.807, 2.05) is 0 Å². The summed E-state index contributed by atoms with van der Waals surface area (Å²) >= 11 is 0. The summed E-state index contributed by atoms with van der Waals surface area (Å²) in [6.45, 7) is 0. The maximum atomic E-state index is 2.30. The zero-order valence-electron chi connectivity index (χ0n) is 7.48. The zero-order chi connectivity index (χ0) is 8.67. The van der Waals surface area contributed by atoms with Crippen molar-refractivity contribution in [3.63, 3.8) is 0 Å². The quantitative estimate of drug-likeness (QED) is 0.521. The van der Waals surface area contributed by atoms with Gasteiger partial charge in [0.05, 0.1) is 0 Å². The fourth-order valence-electron chi connectivity index (χ4n) is 2.46. The molecule has 2 atom stereocenters. The SMILES string of the molecule is C1=CC2C=CC=C3CC=CC(=C1)C32. The molecule has 0 heterocycles. The van der Waals surface area contributed by atoms with Gasteiger partial charge in [-0.3, -0.25) is 0 Å². The average molecular weight is 168 g/mol. The fourth-order valence-corrected chi connectivity index (χ4v) is 2.46. The summed E-state index contributed by atoms with van der Waals surface area (Å²) in [6.07, 6.45) is 19.2. The van der Waals surface area contributed by atoms with E-state index >= 15 is 0 Å². The molecule has 13 heavy (non-hydrogen) atoms. The van der Waals surface area contributed by atoms with Crippen LogP contribution in [-0.4, -0.2) is 0 Å². The summed E-state index contributed by atoms with van der Waals surface area (Å²) in [5.74, 6) is 1.27. The van der Waals surface area contributed by atoms with E-state index in [2.05, 4.69) is 48.6 Å². The molecule has 0 radical (unpaired) electrons. The molecule has 0 amide bonds. The topological polar surface area (TPSA) is 0 Å². The van der Waals surface area contributed by atoms with Crippen LogP contribution in [0.2, 0.25) is 0 Å². The number of allylic oxidation sites excluding steroid dienone is 10. The van der Waals surface area contributed by atoms with Gasteiger partial charge in [-0.05, 0) is 12.0 Å².